The summed E-state index contributed by atoms with van der Waals surface area (Å²) in [5.74, 6) is -1.21. The van der Waals surface area contributed by atoms with Crippen molar-refractivity contribution in [2.24, 2.45) is 5.73 Å². The number of fused-ring (bicyclic) bond motifs is 1. The SMILES string of the molecule is NC(=O)CC(c1ccc(Cn2cccn2)cc1C(=O)NCc1ccc2ccccc2c1)S(=O)[O-]. The quantitative estimate of drug-likeness (QED) is 0.360. The minimum atomic E-state index is -2.64. The fraction of sp³-hybridized carbons (Fsp3) is 0.160. The number of nitrogens with zero attached hydrogens (tertiary/aromatic N) is 2. The molecule has 0 saturated heterocycles. The molecule has 0 aliphatic heterocycles. The topological polar surface area (TPSA) is 130 Å². The lowest BCUT2D eigenvalue weighted by molar-refractivity contribution is -0.118. The second kappa shape index (κ2) is 10.4. The van der Waals surface area contributed by atoms with Crippen LogP contribution in [0.15, 0.2) is 79.1 Å². The van der Waals surface area contributed by atoms with Gasteiger partial charge < -0.3 is 15.6 Å². The van der Waals surface area contributed by atoms with Crippen molar-refractivity contribution >= 4 is 33.7 Å². The van der Waals surface area contributed by atoms with Gasteiger partial charge in [-0.15, -0.1) is 0 Å². The molecular formula is C25H23N4O4S-. The zero-order valence-electron chi connectivity index (χ0n) is 18.2. The molecule has 0 saturated carbocycles. The van der Waals surface area contributed by atoms with E-state index in [1.54, 1.807) is 41.3 Å². The molecule has 0 aliphatic carbocycles. The van der Waals surface area contributed by atoms with Crippen molar-refractivity contribution in [2.45, 2.75) is 24.8 Å². The van der Waals surface area contributed by atoms with Crippen LogP contribution >= 0.6 is 0 Å². The first-order valence-electron chi connectivity index (χ1n) is 10.6. The third-order valence-corrected chi connectivity index (χ3v) is 6.38. The summed E-state index contributed by atoms with van der Waals surface area (Å²) in [6.07, 6.45) is 3.02. The van der Waals surface area contributed by atoms with Crippen LogP contribution in [0, 0.1) is 0 Å². The summed E-state index contributed by atoms with van der Waals surface area (Å²) in [5.41, 5.74) is 7.35. The van der Waals surface area contributed by atoms with Crippen LogP contribution in [0.4, 0.5) is 0 Å². The Labute approximate surface area is 199 Å². The van der Waals surface area contributed by atoms with E-state index in [-0.39, 0.29) is 17.7 Å². The Bertz CT molecular complexity index is 1350. The highest BCUT2D eigenvalue weighted by molar-refractivity contribution is 7.79. The van der Waals surface area contributed by atoms with Gasteiger partial charge in [0.2, 0.25) is 5.91 Å². The number of nitrogens with two attached hydrogens (primary N) is 1. The van der Waals surface area contributed by atoms with Gasteiger partial charge in [0.15, 0.2) is 0 Å². The van der Waals surface area contributed by atoms with Crippen LogP contribution in [-0.2, 0) is 29.0 Å². The lowest BCUT2D eigenvalue weighted by Gasteiger charge is -2.22. The maximum atomic E-state index is 13.2. The summed E-state index contributed by atoms with van der Waals surface area (Å²) in [6.45, 7) is 0.659. The Balaban J connectivity index is 1.63. The Hall–Kier alpha value is -3.82. The standard InChI is InChI=1S/C25H24N4O4S/c26-24(30)14-23(34(32)33)21-9-7-18(16-29-11-3-10-28-29)13-22(21)25(31)27-15-17-6-8-19-4-1-2-5-20(19)12-17/h1-13,23H,14-16H2,(H2,26,30)(H,27,31)(H,32,33)/p-1. The van der Waals surface area contributed by atoms with Crippen LogP contribution in [0.1, 0.15) is 38.7 Å². The van der Waals surface area contributed by atoms with E-state index in [1.807, 2.05) is 42.5 Å². The van der Waals surface area contributed by atoms with E-state index < -0.39 is 34.6 Å². The maximum Gasteiger partial charge on any atom is 0.251 e. The number of hydrogen-bond acceptors (Lipinski definition) is 5. The van der Waals surface area contributed by atoms with Gasteiger partial charge in [-0.25, -0.2) is 0 Å². The van der Waals surface area contributed by atoms with Gasteiger partial charge in [-0.1, -0.05) is 48.5 Å². The van der Waals surface area contributed by atoms with Gasteiger partial charge in [0.25, 0.3) is 5.91 Å². The van der Waals surface area contributed by atoms with Crippen molar-refractivity contribution in [1.29, 1.82) is 0 Å². The summed E-state index contributed by atoms with van der Waals surface area (Å²) >= 11 is -2.64. The third kappa shape index (κ3) is 5.56. The molecule has 4 aromatic rings. The number of rotatable bonds is 9. The van der Waals surface area contributed by atoms with E-state index in [4.69, 9.17) is 5.73 Å². The number of primary amides is 1. The summed E-state index contributed by atoms with van der Waals surface area (Å²) in [7, 11) is 0. The molecule has 1 aromatic heterocycles. The first kappa shape index (κ1) is 23.3. The molecule has 0 bridgehead atoms. The molecule has 0 radical (unpaired) electrons. The molecule has 34 heavy (non-hydrogen) atoms. The van der Waals surface area contributed by atoms with Crippen molar-refractivity contribution in [1.82, 2.24) is 15.1 Å². The van der Waals surface area contributed by atoms with E-state index in [2.05, 4.69) is 10.4 Å². The summed E-state index contributed by atoms with van der Waals surface area (Å²) in [6, 6.07) is 20.5. The molecule has 3 aromatic carbocycles. The Kier molecular flexibility index (Phi) is 7.15. The van der Waals surface area contributed by atoms with E-state index in [9.17, 15) is 18.4 Å². The van der Waals surface area contributed by atoms with E-state index >= 15 is 0 Å². The highest BCUT2D eigenvalue weighted by Gasteiger charge is 2.23. The van der Waals surface area contributed by atoms with Crippen LogP contribution in [0.5, 0.6) is 0 Å². The summed E-state index contributed by atoms with van der Waals surface area (Å²) in [5, 5.41) is 7.97. The Morgan fingerprint density at radius 2 is 1.79 bits per heavy atom. The van der Waals surface area contributed by atoms with Gasteiger partial charge in [0.05, 0.1) is 11.8 Å². The third-order valence-electron chi connectivity index (χ3n) is 5.50. The van der Waals surface area contributed by atoms with Crippen LogP contribution in [0.3, 0.4) is 0 Å². The fourth-order valence-electron chi connectivity index (χ4n) is 3.85. The molecule has 0 spiro atoms. The monoisotopic (exact) mass is 475 g/mol. The Morgan fingerprint density at radius 3 is 2.50 bits per heavy atom. The van der Waals surface area contributed by atoms with Gasteiger partial charge in [-0.05, 0) is 56.7 Å². The number of benzene rings is 3. The minimum absolute atomic E-state index is 0.181. The summed E-state index contributed by atoms with van der Waals surface area (Å²) < 4.78 is 25.5. The highest BCUT2D eigenvalue weighted by Crippen LogP contribution is 2.27. The van der Waals surface area contributed by atoms with Crippen molar-refractivity contribution in [3.8, 4) is 0 Å². The summed E-state index contributed by atoms with van der Waals surface area (Å²) in [4.78, 5) is 24.7. The largest absolute Gasteiger partial charge is 0.772 e. The van der Waals surface area contributed by atoms with Gasteiger partial charge in [-0.3, -0.25) is 18.5 Å². The molecule has 1 heterocycles. The first-order chi connectivity index (χ1) is 16.4. The molecule has 4 rings (SSSR count). The number of amides is 2. The predicted octanol–water partition coefficient (Wildman–Crippen LogP) is 2.81. The van der Waals surface area contributed by atoms with Gasteiger partial charge in [-0.2, -0.15) is 5.10 Å². The molecule has 2 unspecified atom stereocenters. The van der Waals surface area contributed by atoms with Crippen LogP contribution in [0.2, 0.25) is 0 Å². The van der Waals surface area contributed by atoms with E-state index in [1.165, 1.54) is 0 Å². The molecule has 9 heteroatoms. The van der Waals surface area contributed by atoms with E-state index in [0.29, 0.717) is 6.54 Å². The maximum absolute atomic E-state index is 13.2. The van der Waals surface area contributed by atoms with Crippen molar-refractivity contribution in [2.75, 3.05) is 0 Å². The highest BCUT2D eigenvalue weighted by atomic mass is 32.2. The van der Waals surface area contributed by atoms with Gasteiger partial charge in [0.1, 0.15) is 0 Å². The molecule has 0 fully saturated rings. The lowest BCUT2D eigenvalue weighted by Crippen LogP contribution is -2.26. The molecule has 8 nitrogen and oxygen atoms in total. The molecule has 2 atom stereocenters. The van der Waals surface area contributed by atoms with Crippen LogP contribution < -0.4 is 11.1 Å². The number of aromatic nitrogens is 2. The fourth-order valence-corrected chi connectivity index (χ4v) is 4.56. The van der Waals surface area contributed by atoms with Crippen molar-refractivity contribution in [3.63, 3.8) is 0 Å². The number of carbonyl (C=O) groups excluding carboxylic acids is 2. The molecule has 2 amide bonds. The smallest absolute Gasteiger partial charge is 0.251 e. The molecule has 0 aliphatic rings. The average Bonchev–Trinajstić information content (AvgIpc) is 3.34. The second-order valence-electron chi connectivity index (χ2n) is 7.91. The van der Waals surface area contributed by atoms with Crippen molar-refractivity contribution < 1.29 is 18.4 Å². The molecular weight excluding hydrogens is 452 g/mol. The van der Waals surface area contributed by atoms with E-state index in [0.717, 1.165) is 21.9 Å². The number of nitrogens with one attached hydrogen (secondary N) is 1. The predicted molar refractivity (Wildman–Crippen MR) is 128 cm³/mol. The van der Waals surface area contributed by atoms with Crippen LogP contribution in [-0.4, -0.2) is 30.4 Å². The number of carbonyl (C=O) groups is 2. The van der Waals surface area contributed by atoms with Gasteiger partial charge >= 0.3 is 0 Å². The minimum Gasteiger partial charge on any atom is -0.772 e. The normalized spacial score (nSPS) is 12.9. The van der Waals surface area contributed by atoms with Gasteiger partial charge in [0, 0.05) is 30.9 Å². The number of hydrogen-bond donors (Lipinski definition) is 2. The average molecular weight is 476 g/mol. The second-order valence-corrected chi connectivity index (χ2v) is 9.00. The van der Waals surface area contributed by atoms with Crippen molar-refractivity contribution in [3.05, 3.63) is 101 Å². The molecule has 3 N–H and O–H groups in total. The lowest BCUT2D eigenvalue weighted by atomic mass is 9.98. The molecule has 174 valence electrons. The Morgan fingerprint density at radius 1 is 1.03 bits per heavy atom. The zero-order chi connectivity index (χ0) is 24.1. The first-order valence-corrected chi connectivity index (χ1v) is 11.8. The van der Waals surface area contributed by atoms with Crippen LogP contribution in [0.25, 0.3) is 10.8 Å². The zero-order valence-corrected chi connectivity index (χ0v) is 19.0.